The Morgan fingerprint density at radius 1 is 0.511 bits per heavy atom. The van der Waals surface area contributed by atoms with E-state index in [-0.39, 0.29) is 0 Å². The van der Waals surface area contributed by atoms with Crippen LogP contribution in [0.2, 0.25) is 0 Å². The molecule has 9 aromatic rings. The summed E-state index contributed by atoms with van der Waals surface area (Å²) < 4.78 is 6.24. The summed E-state index contributed by atoms with van der Waals surface area (Å²) in [6.07, 6.45) is 4.23. The summed E-state index contributed by atoms with van der Waals surface area (Å²) in [6.45, 7) is 0.730. The lowest BCUT2D eigenvalue weighted by Gasteiger charge is -2.14. The van der Waals surface area contributed by atoms with Crippen molar-refractivity contribution in [3.05, 3.63) is 139 Å². The van der Waals surface area contributed by atoms with Crippen LogP contribution in [0.4, 0.5) is 5.88 Å². The zero-order valence-corrected chi connectivity index (χ0v) is 25.2. The molecule has 0 bridgehead atoms. The van der Waals surface area contributed by atoms with Gasteiger partial charge in [0.1, 0.15) is 5.58 Å². The molecule has 0 amide bonds. The van der Waals surface area contributed by atoms with Gasteiger partial charge in [-0.15, -0.1) is 0 Å². The van der Waals surface area contributed by atoms with E-state index in [4.69, 9.17) is 19.4 Å². The molecule has 47 heavy (non-hydrogen) atoms. The molecule has 220 valence electrons. The highest BCUT2D eigenvalue weighted by Crippen LogP contribution is 2.41. The second kappa shape index (κ2) is 10.1. The summed E-state index contributed by atoms with van der Waals surface area (Å²) in [6, 6.07) is 44.6. The Morgan fingerprint density at radius 2 is 1.21 bits per heavy atom. The van der Waals surface area contributed by atoms with Gasteiger partial charge in [-0.2, -0.15) is 0 Å². The van der Waals surface area contributed by atoms with Crippen LogP contribution in [0, 0.1) is 0 Å². The van der Waals surface area contributed by atoms with Crippen LogP contribution >= 0.6 is 0 Å². The van der Waals surface area contributed by atoms with Crippen LogP contribution in [0.3, 0.4) is 0 Å². The summed E-state index contributed by atoms with van der Waals surface area (Å²) in [4.78, 5) is 15.7. The third-order valence-electron chi connectivity index (χ3n) is 9.29. The molecular weight excluding hydrogens is 576 g/mol. The van der Waals surface area contributed by atoms with Crippen molar-refractivity contribution >= 4 is 66.0 Å². The molecule has 0 fully saturated rings. The van der Waals surface area contributed by atoms with Crippen LogP contribution in [-0.4, -0.2) is 21.5 Å². The Balaban J connectivity index is 1.30. The highest BCUT2D eigenvalue weighted by molar-refractivity contribution is 6.23. The van der Waals surface area contributed by atoms with Gasteiger partial charge in [0.25, 0.3) is 0 Å². The van der Waals surface area contributed by atoms with Crippen LogP contribution in [-0.2, 0) is 0 Å². The molecule has 10 rings (SSSR count). The van der Waals surface area contributed by atoms with E-state index >= 15 is 0 Å². The molecular formula is C42H26N4O. The normalized spacial score (nSPS) is 12.7. The average molecular weight is 603 g/mol. The molecule has 0 spiro atoms. The van der Waals surface area contributed by atoms with Crippen LogP contribution < -0.4 is 5.32 Å². The fourth-order valence-electron chi connectivity index (χ4n) is 7.11. The molecule has 0 unspecified atom stereocenters. The standard InChI is InChI=1S/C42H26N4O/c1-2-11-27-23-29(19-18-25(27)9-1)39-44-40(33-15-7-17-36-38(33)34-16-8-22-43-42(34)47-36)46-41(45-39)35-24-28-12-4-6-14-31(28)37-30-13-5-3-10-26(30)20-21-32(35)37/h1-21,23-24,43H,22H2. The number of hydrogen-bond donors (Lipinski definition) is 1. The smallest absolute Gasteiger partial charge is 0.201 e. The first kappa shape index (κ1) is 25.9. The highest BCUT2D eigenvalue weighted by atomic mass is 16.3. The third kappa shape index (κ3) is 4.07. The molecule has 0 aliphatic carbocycles. The van der Waals surface area contributed by atoms with Gasteiger partial charge >= 0.3 is 0 Å². The van der Waals surface area contributed by atoms with E-state index in [0.717, 1.165) is 61.8 Å². The SMILES string of the molecule is C1=Cc2c(oc3cccc(-c4nc(-c5ccc6ccccc6c5)nc(-c5cc6ccccc6c6c5ccc5ccccc56)n4)c23)NC1. The van der Waals surface area contributed by atoms with Gasteiger partial charge in [0, 0.05) is 34.2 Å². The lowest BCUT2D eigenvalue weighted by Crippen LogP contribution is -2.03. The predicted molar refractivity (Wildman–Crippen MR) is 193 cm³/mol. The molecule has 1 aliphatic rings. The maximum absolute atomic E-state index is 6.24. The number of nitrogens with zero attached hydrogens (tertiary/aromatic N) is 3. The van der Waals surface area contributed by atoms with Crippen LogP contribution in [0.1, 0.15) is 5.56 Å². The quantitative estimate of drug-likeness (QED) is 0.204. The lowest BCUT2D eigenvalue weighted by atomic mass is 9.92. The van der Waals surface area contributed by atoms with Crippen molar-refractivity contribution in [2.75, 3.05) is 11.9 Å². The van der Waals surface area contributed by atoms with Crippen molar-refractivity contribution in [2.45, 2.75) is 0 Å². The van der Waals surface area contributed by atoms with Gasteiger partial charge in [-0.05, 0) is 61.3 Å². The van der Waals surface area contributed by atoms with Gasteiger partial charge in [-0.3, -0.25) is 0 Å². The van der Waals surface area contributed by atoms with E-state index in [1.165, 1.54) is 26.9 Å². The summed E-state index contributed by atoms with van der Waals surface area (Å²) in [5, 5.41) is 13.7. The number of anilines is 1. The zero-order valence-electron chi connectivity index (χ0n) is 25.2. The minimum atomic E-state index is 0.605. The first-order valence-electron chi connectivity index (χ1n) is 15.8. The summed E-state index contributed by atoms with van der Waals surface area (Å²) in [5.74, 6) is 2.63. The molecule has 7 aromatic carbocycles. The van der Waals surface area contributed by atoms with Gasteiger partial charge < -0.3 is 9.73 Å². The fourth-order valence-corrected chi connectivity index (χ4v) is 7.11. The third-order valence-corrected chi connectivity index (χ3v) is 9.29. The number of hydrogen-bond acceptors (Lipinski definition) is 5. The van der Waals surface area contributed by atoms with Crippen molar-refractivity contribution in [3.63, 3.8) is 0 Å². The van der Waals surface area contributed by atoms with Gasteiger partial charge in [0.2, 0.25) is 5.88 Å². The Morgan fingerprint density at radius 3 is 2.09 bits per heavy atom. The maximum atomic E-state index is 6.24. The molecule has 1 N–H and O–H groups in total. The van der Waals surface area contributed by atoms with Crippen molar-refractivity contribution < 1.29 is 4.42 Å². The molecule has 0 saturated carbocycles. The molecule has 3 heterocycles. The number of benzene rings is 7. The topological polar surface area (TPSA) is 63.8 Å². The molecule has 0 atom stereocenters. The molecule has 0 saturated heterocycles. The number of aromatic nitrogens is 3. The first-order valence-corrected chi connectivity index (χ1v) is 15.8. The maximum Gasteiger partial charge on any atom is 0.201 e. The molecule has 5 heteroatoms. The second-order valence-electron chi connectivity index (χ2n) is 12.0. The Kier molecular flexibility index (Phi) is 5.57. The number of nitrogens with one attached hydrogen (secondary N) is 1. The van der Waals surface area contributed by atoms with Gasteiger partial charge in [-0.25, -0.2) is 15.0 Å². The minimum absolute atomic E-state index is 0.605. The Labute approximate surface area is 269 Å². The number of rotatable bonds is 3. The van der Waals surface area contributed by atoms with E-state index in [1.807, 2.05) is 12.1 Å². The van der Waals surface area contributed by atoms with E-state index in [0.29, 0.717) is 17.5 Å². The summed E-state index contributed by atoms with van der Waals surface area (Å²) >= 11 is 0. The van der Waals surface area contributed by atoms with Crippen molar-refractivity contribution in [1.29, 1.82) is 0 Å². The monoisotopic (exact) mass is 602 g/mol. The van der Waals surface area contributed by atoms with Crippen molar-refractivity contribution in [2.24, 2.45) is 0 Å². The number of fused-ring (bicyclic) bond motifs is 9. The van der Waals surface area contributed by atoms with E-state index in [1.54, 1.807) is 0 Å². The molecule has 2 aromatic heterocycles. The van der Waals surface area contributed by atoms with Crippen molar-refractivity contribution in [3.8, 4) is 34.2 Å². The summed E-state index contributed by atoms with van der Waals surface area (Å²) in [5.41, 5.74) is 4.62. The Hall–Kier alpha value is -6.33. The zero-order chi connectivity index (χ0) is 30.9. The van der Waals surface area contributed by atoms with Crippen LogP contribution in [0.5, 0.6) is 0 Å². The average Bonchev–Trinajstić information content (AvgIpc) is 3.53. The minimum Gasteiger partial charge on any atom is -0.440 e. The Bertz CT molecular complexity index is 2740. The predicted octanol–water partition coefficient (Wildman–Crippen LogP) is 10.7. The fraction of sp³-hybridized carbons (Fsp3) is 0.0238. The van der Waals surface area contributed by atoms with Gasteiger partial charge in [-0.1, -0.05) is 121 Å². The van der Waals surface area contributed by atoms with E-state index in [2.05, 4.69) is 133 Å². The number of furan rings is 1. The van der Waals surface area contributed by atoms with Gasteiger partial charge in [0.15, 0.2) is 17.5 Å². The van der Waals surface area contributed by atoms with E-state index in [9.17, 15) is 0 Å². The van der Waals surface area contributed by atoms with Crippen LogP contribution in [0.25, 0.3) is 94.3 Å². The summed E-state index contributed by atoms with van der Waals surface area (Å²) in [7, 11) is 0. The second-order valence-corrected chi connectivity index (χ2v) is 12.0. The highest BCUT2D eigenvalue weighted by Gasteiger charge is 2.22. The van der Waals surface area contributed by atoms with Crippen LogP contribution in [0.15, 0.2) is 138 Å². The van der Waals surface area contributed by atoms with Crippen molar-refractivity contribution in [1.82, 2.24) is 15.0 Å². The van der Waals surface area contributed by atoms with E-state index < -0.39 is 0 Å². The molecule has 1 aliphatic heterocycles. The largest absolute Gasteiger partial charge is 0.440 e. The first-order chi connectivity index (χ1) is 23.3. The van der Waals surface area contributed by atoms with Gasteiger partial charge in [0.05, 0.1) is 0 Å². The molecule has 5 nitrogen and oxygen atoms in total. The lowest BCUT2D eigenvalue weighted by molar-refractivity contribution is 0.628. The molecule has 0 radical (unpaired) electrons.